The highest BCUT2D eigenvalue weighted by Gasteiger charge is 1.95. The summed E-state index contributed by atoms with van der Waals surface area (Å²) in [7, 11) is 0. The van der Waals surface area contributed by atoms with Gasteiger partial charge in [-0.15, -0.1) is 0 Å². The maximum Gasteiger partial charge on any atom is 0.115 e. The normalized spacial score (nSPS) is 10.0. The molecule has 0 aliphatic heterocycles. The molecule has 82 valence electrons. The van der Waals surface area contributed by atoms with Crippen molar-refractivity contribution in [2.24, 2.45) is 0 Å². The Morgan fingerprint density at radius 1 is 1.06 bits per heavy atom. The van der Waals surface area contributed by atoms with Gasteiger partial charge in [0.05, 0.1) is 0 Å². The van der Waals surface area contributed by atoms with Crippen molar-refractivity contribution in [3.05, 3.63) is 54.1 Å². The highest BCUT2D eigenvalue weighted by molar-refractivity contribution is 5.54. The Morgan fingerprint density at radius 2 is 1.88 bits per heavy atom. The summed E-state index contributed by atoms with van der Waals surface area (Å²) in [4.78, 5) is 0. The number of phenols is 1. The Balaban J connectivity index is 2.02. The van der Waals surface area contributed by atoms with Crippen LogP contribution < -0.4 is 11.1 Å². The molecule has 2 rings (SSSR count). The summed E-state index contributed by atoms with van der Waals surface area (Å²) in [5, 5.41) is 12.5. The van der Waals surface area contributed by atoms with Gasteiger partial charge in [-0.25, -0.2) is 0 Å². The second-order valence-corrected chi connectivity index (χ2v) is 3.65. The molecule has 0 bridgehead atoms. The molecule has 0 spiro atoms. The first kappa shape index (κ1) is 10.4. The molecule has 0 heterocycles. The van der Waals surface area contributed by atoms with Crippen LogP contribution in [-0.2, 0) is 6.54 Å². The third kappa shape index (κ3) is 2.67. The van der Waals surface area contributed by atoms with E-state index < -0.39 is 0 Å². The lowest BCUT2D eigenvalue weighted by molar-refractivity contribution is 0.474. The first-order chi connectivity index (χ1) is 7.74. The molecule has 0 unspecified atom stereocenters. The van der Waals surface area contributed by atoms with E-state index in [4.69, 9.17) is 5.73 Å². The van der Waals surface area contributed by atoms with Gasteiger partial charge in [0.15, 0.2) is 0 Å². The summed E-state index contributed by atoms with van der Waals surface area (Å²) in [6.45, 7) is 0.665. The average molecular weight is 214 g/mol. The fourth-order valence-corrected chi connectivity index (χ4v) is 1.52. The quantitative estimate of drug-likeness (QED) is 0.688. The zero-order chi connectivity index (χ0) is 11.4. The number of rotatable bonds is 3. The lowest BCUT2D eigenvalue weighted by atomic mass is 10.2. The van der Waals surface area contributed by atoms with Crippen molar-refractivity contribution >= 4 is 11.4 Å². The van der Waals surface area contributed by atoms with Gasteiger partial charge >= 0.3 is 0 Å². The highest BCUT2D eigenvalue weighted by Crippen LogP contribution is 2.15. The van der Waals surface area contributed by atoms with Crippen molar-refractivity contribution in [3.8, 4) is 5.75 Å². The van der Waals surface area contributed by atoms with Gasteiger partial charge in [-0.2, -0.15) is 0 Å². The van der Waals surface area contributed by atoms with Crippen LogP contribution >= 0.6 is 0 Å². The number of anilines is 2. The molecule has 0 radical (unpaired) electrons. The second-order valence-electron chi connectivity index (χ2n) is 3.65. The first-order valence-electron chi connectivity index (χ1n) is 5.11. The smallest absolute Gasteiger partial charge is 0.115 e. The van der Waals surface area contributed by atoms with E-state index in [1.807, 2.05) is 36.4 Å². The van der Waals surface area contributed by atoms with Crippen LogP contribution in [0.3, 0.4) is 0 Å². The zero-order valence-corrected chi connectivity index (χ0v) is 8.85. The van der Waals surface area contributed by atoms with Crippen LogP contribution in [0.5, 0.6) is 5.75 Å². The standard InChI is InChI=1S/C13H14N2O/c14-11-4-2-5-12(8-11)15-9-10-3-1-6-13(16)7-10/h1-8,15-16H,9,14H2. The van der Waals surface area contributed by atoms with E-state index >= 15 is 0 Å². The van der Waals surface area contributed by atoms with Gasteiger partial charge in [0.2, 0.25) is 0 Å². The molecular formula is C13H14N2O. The Kier molecular flexibility index (Phi) is 2.96. The van der Waals surface area contributed by atoms with Crippen molar-refractivity contribution in [1.82, 2.24) is 0 Å². The molecule has 0 aliphatic carbocycles. The van der Waals surface area contributed by atoms with E-state index in [1.54, 1.807) is 12.1 Å². The summed E-state index contributed by atoms with van der Waals surface area (Å²) in [6.07, 6.45) is 0. The maximum atomic E-state index is 9.31. The molecule has 2 aromatic rings. The van der Waals surface area contributed by atoms with Crippen LogP contribution in [0.25, 0.3) is 0 Å². The summed E-state index contributed by atoms with van der Waals surface area (Å²) >= 11 is 0. The Hall–Kier alpha value is -2.16. The van der Waals surface area contributed by atoms with E-state index in [1.165, 1.54) is 0 Å². The van der Waals surface area contributed by atoms with Crippen molar-refractivity contribution in [3.63, 3.8) is 0 Å². The first-order valence-corrected chi connectivity index (χ1v) is 5.11. The maximum absolute atomic E-state index is 9.31. The summed E-state index contributed by atoms with van der Waals surface area (Å²) < 4.78 is 0. The minimum atomic E-state index is 0.284. The molecule has 2 aromatic carbocycles. The molecule has 4 N–H and O–H groups in total. The van der Waals surface area contributed by atoms with Crippen molar-refractivity contribution < 1.29 is 5.11 Å². The zero-order valence-electron chi connectivity index (χ0n) is 8.85. The summed E-state index contributed by atoms with van der Waals surface area (Å²) in [6, 6.07) is 14.8. The lowest BCUT2D eigenvalue weighted by Gasteiger charge is -2.07. The van der Waals surface area contributed by atoms with Crippen LogP contribution in [-0.4, -0.2) is 5.11 Å². The Morgan fingerprint density at radius 3 is 2.62 bits per heavy atom. The van der Waals surface area contributed by atoms with E-state index in [0.717, 1.165) is 16.9 Å². The van der Waals surface area contributed by atoms with E-state index in [-0.39, 0.29) is 5.75 Å². The fraction of sp³-hybridized carbons (Fsp3) is 0.0769. The number of nitrogen functional groups attached to an aromatic ring is 1. The van der Waals surface area contributed by atoms with Crippen molar-refractivity contribution in [1.29, 1.82) is 0 Å². The molecule has 0 aliphatic rings. The lowest BCUT2D eigenvalue weighted by Crippen LogP contribution is -1.99. The van der Waals surface area contributed by atoms with Gasteiger partial charge in [0, 0.05) is 17.9 Å². The van der Waals surface area contributed by atoms with Gasteiger partial charge in [0.1, 0.15) is 5.75 Å². The molecule has 0 atom stereocenters. The number of hydrogen-bond acceptors (Lipinski definition) is 3. The van der Waals surface area contributed by atoms with Crippen LogP contribution in [0.4, 0.5) is 11.4 Å². The van der Waals surface area contributed by atoms with Crippen LogP contribution in [0, 0.1) is 0 Å². The fourth-order valence-electron chi connectivity index (χ4n) is 1.52. The predicted octanol–water partition coefficient (Wildman–Crippen LogP) is 2.59. The number of nitrogens with two attached hydrogens (primary N) is 1. The topological polar surface area (TPSA) is 58.3 Å². The number of hydrogen-bond donors (Lipinski definition) is 3. The average Bonchev–Trinajstić information content (AvgIpc) is 2.27. The SMILES string of the molecule is Nc1cccc(NCc2cccc(O)c2)c1. The van der Waals surface area contributed by atoms with Gasteiger partial charge < -0.3 is 16.2 Å². The number of aromatic hydroxyl groups is 1. The molecule has 0 amide bonds. The van der Waals surface area contributed by atoms with Gasteiger partial charge in [-0.1, -0.05) is 18.2 Å². The molecule has 0 saturated heterocycles. The molecule has 3 heteroatoms. The van der Waals surface area contributed by atoms with Gasteiger partial charge in [0.25, 0.3) is 0 Å². The van der Waals surface area contributed by atoms with E-state index in [2.05, 4.69) is 5.32 Å². The van der Waals surface area contributed by atoms with Crippen LogP contribution in [0.2, 0.25) is 0 Å². The molecule has 16 heavy (non-hydrogen) atoms. The monoisotopic (exact) mass is 214 g/mol. The number of benzene rings is 2. The molecule has 3 nitrogen and oxygen atoms in total. The molecular weight excluding hydrogens is 200 g/mol. The Labute approximate surface area is 94.5 Å². The predicted molar refractivity (Wildman–Crippen MR) is 66.3 cm³/mol. The minimum absolute atomic E-state index is 0.284. The summed E-state index contributed by atoms with van der Waals surface area (Å²) in [5.74, 6) is 0.284. The van der Waals surface area contributed by atoms with Crippen LogP contribution in [0.1, 0.15) is 5.56 Å². The van der Waals surface area contributed by atoms with E-state index in [0.29, 0.717) is 6.54 Å². The second kappa shape index (κ2) is 4.57. The van der Waals surface area contributed by atoms with Crippen molar-refractivity contribution in [2.75, 3.05) is 11.1 Å². The molecule has 0 fully saturated rings. The summed E-state index contributed by atoms with van der Waals surface area (Å²) in [5.41, 5.74) is 8.41. The van der Waals surface area contributed by atoms with Crippen LogP contribution in [0.15, 0.2) is 48.5 Å². The van der Waals surface area contributed by atoms with Gasteiger partial charge in [-0.05, 0) is 35.9 Å². The largest absolute Gasteiger partial charge is 0.508 e. The molecule has 0 saturated carbocycles. The highest BCUT2D eigenvalue weighted by atomic mass is 16.3. The third-order valence-electron chi connectivity index (χ3n) is 2.29. The number of nitrogens with one attached hydrogen (secondary N) is 1. The van der Waals surface area contributed by atoms with Crippen molar-refractivity contribution in [2.45, 2.75) is 6.54 Å². The van der Waals surface area contributed by atoms with E-state index in [9.17, 15) is 5.11 Å². The molecule has 0 aromatic heterocycles. The Bertz CT molecular complexity index is 437. The number of phenolic OH excluding ortho intramolecular Hbond substituents is 1. The minimum Gasteiger partial charge on any atom is -0.508 e. The van der Waals surface area contributed by atoms with Gasteiger partial charge in [-0.3, -0.25) is 0 Å². The third-order valence-corrected chi connectivity index (χ3v) is 2.29.